The summed E-state index contributed by atoms with van der Waals surface area (Å²) in [6.07, 6.45) is 0. The fourth-order valence-electron chi connectivity index (χ4n) is 1.79. The molecular formula is C13H19N5OS. The number of aryl methyl sites for hydroxylation is 2. The Labute approximate surface area is 122 Å². The molecule has 108 valence electrons. The molecule has 2 aromatic heterocycles. The molecule has 0 aliphatic carbocycles. The predicted molar refractivity (Wildman–Crippen MR) is 78.8 cm³/mol. The minimum Gasteiger partial charge on any atom is -0.355 e. The molecule has 0 radical (unpaired) electrons. The zero-order valence-corrected chi connectivity index (χ0v) is 13.0. The van der Waals surface area contributed by atoms with E-state index in [0.29, 0.717) is 29.1 Å². The van der Waals surface area contributed by atoms with Gasteiger partial charge in [-0.05, 0) is 25.8 Å². The zero-order chi connectivity index (χ0) is 14.7. The molecule has 0 saturated carbocycles. The summed E-state index contributed by atoms with van der Waals surface area (Å²) in [5.74, 6) is 1.37. The lowest BCUT2D eigenvalue weighted by atomic mass is 10.2. The standard InChI is InChI=1S/C13H19N5OS/c1-8(2)6-14-11(19)7-20-13-17-16-12-15-9(3)5-10(4)18(12)13/h5,8H,6-7H2,1-4H3,(H,14,19). The highest BCUT2D eigenvalue weighted by Crippen LogP contribution is 2.18. The van der Waals surface area contributed by atoms with Crippen molar-refractivity contribution in [3.63, 3.8) is 0 Å². The molecule has 1 amide bonds. The fraction of sp³-hybridized carbons (Fsp3) is 0.538. The van der Waals surface area contributed by atoms with Crippen LogP contribution in [0.15, 0.2) is 11.2 Å². The highest BCUT2D eigenvalue weighted by Gasteiger charge is 2.12. The predicted octanol–water partition coefficient (Wildman–Crippen LogP) is 1.61. The lowest BCUT2D eigenvalue weighted by Gasteiger charge is -2.07. The second-order valence-corrected chi connectivity index (χ2v) is 6.09. The Bertz CT molecular complexity index is 622. The van der Waals surface area contributed by atoms with Crippen LogP contribution in [0.2, 0.25) is 0 Å². The molecule has 2 aromatic rings. The maximum Gasteiger partial charge on any atom is 0.256 e. The van der Waals surface area contributed by atoms with Crippen LogP contribution in [0.4, 0.5) is 0 Å². The summed E-state index contributed by atoms with van der Waals surface area (Å²) < 4.78 is 1.87. The van der Waals surface area contributed by atoms with Gasteiger partial charge in [-0.2, -0.15) is 0 Å². The number of rotatable bonds is 5. The van der Waals surface area contributed by atoms with Crippen LogP contribution in [0.1, 0.15) is 25.2 Å². The molecule has 0 bridgehead atoms. The van der Waals surface area contributed by atoms with E-state index in [9.17, 15) is 4.79 Å². The van der Waals surface area contributed by atoms with Crippen molar-refractivity contribution in [1.29, 1.82) is 0 Å². The molecule has 0 fully saturated rings. The Morgan fingerprint density at radius 3 is 2.85 bits per heavy atom. The van der Waals surface area contributed by atoms with Gasteiger partial charge in [0.05, 0.1) is 5.75 Å². The van der Waals surface area contributed by atoms with Crippen LogP contribution in [0.3, 0.4) is 0 Å². The maximum atomic E-state index is 11.7. The Morgan fingerprint density at radius 2 is 2.15 bits per heavy atom. The van der Waals surface area contributed by atoms with Gasteiger partial charge in [0.2, 0.25) is 5.91 Å². The van der Waals surface area contributed by atoms with Gasteiger partial charge in [-0.1, -0.05) is 25.6 Å². The maximum absolute atomic E-state index is 11.7. The summed E-state index contributed by atoms with van der Waals surface area (Å²) in [6.45, 7) is 8.73. The molecule has 7 heteroatoms. The molecule has 0 spiro atoms. The van der Waals surface area contributed by atoms with E-state index in [-0.39, 0.29) is 5.91 Å². The highest BCUT2D eigenvalue weighted by molar-refractivity contribution is 7.99. The SMILES string of the molecule is Cc1cc(C)n2c(SCC(=O)NCC(C)C)nnc2n1. The zero-order valence-electron chi connectivity index (χ0n) is 12.2. The molecular weight excluding hydrogens is 274 g/mol. The van der Waals surface area contributed by atoms with Gasteiger partial charge in [0, 0.05) is 17.9 Å². The Morgan fingerprint density at radius 1 is 1.40 bits per heavy atom. The topological polar surface area (TPSA) is 72.2 Å². The molecule has 2 rings (SSSR count). The van der Waals surface area contributed by atoms with E-state index in [2.05, 4.69) is 34.3 Å². The molecule has 0 atom stereocenters. The van der Waals surface area contributed by atoms with E-state index in [4.69, 9.17) is 0 Å². The summed E-state index contributed by atoms with van der Waals surface area (Å²) in [5.41, 5.74) is 1.93. The smallest absolute Gasteiger partial charge is 0.256 e. The number of hydrogen-bond donors (Lipinski definition) is 1. The van der Waals surface area contributed by atoms with Crippen molar-refractivity contribution in [2.24, 2.45) is 5.92 Å². The van der Waals surface area contributed by atoms with Crippen LogP contribution in [0, 0.1) is 19.8 Å². The first-order chi connectivity index (χ1) is 9.47. The molecule has 0 aromatic carbocycles. The Balaban J connectivity index is 2.05. The lowest BCUT2D eigenvalue weighted by Crippen LogP contribution is -2.28. The Kier molecular flexibility index (Phi) is 4.59. The molecule has 0 aliphatic heterocycles. The molecule has 0 unspecified atom stereocenters. The molecule has 0 aliphatic rings. The number of amides is 1. The van der Waals surface area contributed by atoms with Crippen LogP contribution < -0.4 is 5.32 Å². The van der Waals surface area contributed by atoms with Crippen LogP contribution in [-0.2, 0) is 4.79 Å². The quantitative estimate of drug-likeness (QED) is 0.848. The third-order valence-corrected chi connectivity index (χ3v) is 3.63. The largest absolute Gasteiger partial charge is 0.355 e. The highest BCUT2D eigenvalue weighted by atomic mass is 32.2. The third kappa shape index (κ3) is 3.47. The van der Waals surface area contributed by atoms with Crippen LogP contribution in [0.5, 0.6) is 0 Å². The number of hydrogen-bond acceptors (Lipinski definition) is 5. The van der Waals surface area contributed by atoms with Crippen molar-refractivity contribution in [3.8, 4) is 0 Å². The van der Waals surface area contributed by atoms with Gasteiger partial charge >= 0.3 is 0 Å². The Hall–Kier alpha value is -1.63. The van der Waals surface area contributed by atoms with E-state index in [1.165, 1.54) is 11.8 Å². The monoisotopic (exact) mass is 293 g/mol. The van der Waals surface area contributed by atoms with E-state index in [1.54, 1.807) is 0 Å². The average molecular weight is 293 g/mol. The van der Waals surface area contributed by atoms with Gasteiger partial charge in [0.15, 0.2) is 5.16 Å². The average Bonchev–Trinajstić information content (AvgIpc) is 2.77. The van der Waals surface area contributed by atoms with Crippen LogP contribution >= 0.6 is 11.8 Å². The molecule has 2 heterocycles. The van der Waals surface area contributed by atoms with Crippen molar-refractivity contribution < 1.29 is 4.79 Å². The second-order valence-electron chi connectivity index (χ2n) is 5.14. The molecule has 6 nitrogen and oxygen atoms in total. The van der Waals surface area contributed by atoms with Gasteiger partial charge in [-0.15, -0.1) is 10.2 Å². The van der Waals surface area contributed by atoms with Crippen molar-refractivity contribution in [2.75, 3.05) is 12.3 Å². The number of nitrogens with one attached hydrogen (secondary N) is 1. The number of thioether (sulfide) groups is 1. The van der Waals surface area contributed by atoms with Crippen molar-refractivity contribution >= 4 is 23.4 Å². The molecule has 20 heavy (non-hydrogen) atoms. The number of aromatic nitrogens is 4. The van der Waals surface area contributed by atoms with Gasteiger partial charge in [-0.25, -0.2) is 4.98 Å². The van der Waals surface area contributed by atoms with Crippen LogP contribution in [-0.4, -0.2) is 37.8 Å². The first-order valence-corrected chi connectivity index (χ1v) is 7.55. The number of carbonyl (C=O) groups excluding carboxylic acids is 1. The summed E-state index contributed by atoms with van der Waals surface area (Å²) in [6, 6.07) is 1.97. The molecule has 0 saturated heterocycles. The van der Waals surface area contributed by atoms with E-state index < -0.39 is 0 Å². The van der Waals surface area contributed by atoms with E-state index >= 15 is 0 Å². The minimum absolute atomic E-state index is 0.0122. The third-order valence-electron chi connectivity index (χ3n) is 2.70. The fourth-order valence-corrected chi connectivity index (χ4v) is 2.61. The second kappa shape index (κ2) is 6.21. The van der Waals surface area contributed by atoms with Crippen molar-refractivity contribution in [2.45, 2.75) is 32.9 Å². The first kappa shape index (κ1) is 14.8. The van der Waals surface area contributed by atoms with Crippen molar-refractivity contribution in [1.82, 2.24) is 24.9 Å². The van der Waals surface area contributed by atoms with Gasteiger partial charge in [0.1, 0.15) is 0 Å². The summed E-state index contributed by atoms with van der Waals surface area (Å²) >= 11 is 1.37. The van der Waals surface area contributed by atoms with Crippen molar-refractivity contribution in [3.05, 3.63) is 17.5 Å². The minimum atomic E-state index is 0.0122. The van der Waals surface area contributed by atoms with Gasteiger partial charge in [0.25, 0.3) is 5.78 Å². The van der Waals surface area contributed by atoms with Crippen LogP contribution in [0.25, 0.3) is 5.78 Å². The van der Waals surface area contributed by atoms with E-state index in [1.807, 2.05) is 24.3 Å². The summed E-state index contributed by atoms with van der Waals surface area (Å²) in [4.78, 5) is 16.0. The number of fused-ring (bicyclic) bond motifs is 1. The lowest BCUT2D eigenvalue weighted by molar-refractivity contribution is -0.118. The normalized spacial score (nSPS) is 11.2. The summed E-state index contributed by atoms with van der Waals surface area (Å²) in [5, 5.41) is 11.7. The van der Waals surface area contributed by atoms with E-state index in [0.717, 1.165) is 11.4 Å². The summed E-state index contributed by atoms with van der Waals surface area (Å²) in [7, 11) is 0. The first-order valence-electron chi connectivity index (χ1n) is 6.56. The van der Waals surface area contributed by atoms with Gasteiger partial charge < -0.3 is 5.32 Å². The van der Waals surface area contributed by atoms with Gasteiger partial charge in [-0.3, -0.25) is 9.20 Å². The number of nitrogens with zero attached hydrogens (tertiary/aromatic N) is 4. The number of carbonyl (C=O) groups is 1. The molecule has 1 N–H and O–H groups in total.